The molecule has 1 saturated heterocycles. The van der Waals surface area contributed by atoms with Crippen LogP contribution in [0.15, 0.2) is 0 Å². The van der Waals surface area contributed by atoms with Gasteiger partial charge >= 0.3 is 0 Å². The molecule has 0 N–H and O–H groups in total. The van der Waals surface area contributed by atoms with Gasteiger partial charge < -0.3 is 4.90 Å². The smallest absolute Gasteiger partial charge is 0.186 e. The van der Waals surface area contributed by atoms with E-state index < -0.39 is 0 Å². The molecule has 0 radical (unpaired) electrons. The van der Waals surface area contributed by atoms with E-state index in [0.717, 1.165) is 41.4 Å². The maximum absolute atomic E-state index is 11.2. The second kappa shape index (κ2) is 7.04. The summed E-state index contributed by atoms with van der Waals surface area (Å²) in [5.74, 6) is 0. The van der Waals surface area contributed by atoms with Crippen molar-refractivity contribution in [1.82, 2.24) is 4.98 Å². The molecule has 0 aliphatic carbocycles. The van der Waals surface area contributed by atoms with Gasteiger partial charge in [-0.05, 0) is 25.7 Å². The third kappa shape index (κ3) is 3.35. The van der Waals surface area contributed by atoms with E-state index in [9.17, 15) is 4.79 Å². The SMILES string of the molecule is CCCc1nc(N2CCCCCC2CC)sc1C=O. The summed E-state index contributed by atoms with van der Waals surface area (Å²) in [6.07, 6.45) is 9.25. The Bertz CT molecular complexity index is 416. The molecule has 2 rings (SSSR count). The van der Waals surface area contributed by atoms with Crippen molar-refractivity contribution in [3.63, 3.8) is 0 Å². The molecule has 1 aliphatic heterocycles. The van der Waals surface area contributed by atoms with Crippen molar-refractivity contribution in [3.05, 3.63) is 10.6 Å². The first-order valence-corrected chi connectivity index (χ1v) is 8.33. The summed E-state index contributed by atoms with van der Waals surface area (Å²) >= 11 is 1.58. The van der Waals surface area contributed by atoms with Crippen molar-refractivity contribution in [2.45, 2.75) is 64.8 Å². The highest BCUT2D eigenvalue weighted by Gasteiger charge is 2.23. The zero-order chi connectivity index (χ0) is 13.7. The van der Waals surface area contributed by atoms with Gasteiger partial charge in [0.2, 0.25) is 0 Å². The van der Waals surface area contributed by atoms with Gasteiger partial charge in [0.05, 0.1) is 10.6 Å². The van der Waals surface area contributed by atoms with Crippen molar-refractivity contribution in [1.29, 1.82) is 0 Å². The number of nitrogens with zero attached hydrogens (tertiary/aromatic N) is 2. The predicted molar refractivity (Wildman–Crippen MR) is 81.4 cm³/mol. The first kappa shape index (κ1) is 14.5. The number of rotatable bonds is 5. The zero-order valence-corrected chi connectivity index (χ0v) is 12.8. The maximum Gasteiger partial charge on any atom is 0.186 e. The summed E-state index contributed by atoms with van der Waals surface area (Å²) < 4.78 is 0. The van der Waals surface area contributed by atoms with Gasteiger partial charge in [-0.1, -0.05) is 44.4 Å². The molecule has 1 aromatic rings. The summed E-state index contributed by atoms with van der Waals surface area (Å²) in [7, 11) is 0. The molecule has 106 valence electrons. The molecule has 0 saturated carbocycles. The van der Waals surface area contributed by atoms with E-state index in [1.165, 1.54) is 32.1 Å². The van der Waals surface area contributed by atoms with E-state index in [2.05, 4.69) is 18.7 Å². The van der Waals surface area contributed by atoms with Gasteiger partial charge in [0.25, 0.3) is 0 Å². The number of hydrogen-bond acceptors (Lipinski definition) is 4. The number of carbonyl (C=O) groups is 1. The average Bonchev–Trinajstić information content (AvgIpc) is 2.68. The highest BCUT2D eigenvalue weighted by molar-refractivity contribution is 7.17. The summed E-state index contributed by atoms with van der Waals surface area (Å²) in [6, 6.07) is 0.600. The van der Waals surface area contributed by atoms with Gasteiger partial charge in [0.15, 0.2) is 11.4 Å². The molecule has 3 nitrogen and oxygen atoms in total. The molecule has 1 fully saturated rings. The lowest BCUT2D eigenvalue weighted by Gasteiger charge is -2.28. The first-order valence-electron chi connectivity index (χ1n) is 7.51. The average molecular weight is 280 g/mol. The lowest BCUT2D eigenvalue weighted by Crippen LogP contribution is -2.34. The second-order valence-corrected chi connectivity index (χ2v) is 6.29. The number of hydrogen-bond donors (Lipinski definition) is 0. The molecule has 0 aromatic carbocycles. The molecule has 19 heavy (non-hydrogen) atoms. The molecule has 0 amide bonds. The molecule has 4 heteroatoms. The van der Waals surface area contributed by atoms with Crippen LogP contribution < -0.4 is 4.90 Å². The first-order chi connectivity index (χ1) is 9.30. The Labute approximate surface area is 120 Å². The number of anilines is 1. The minimum atomic E-state index is 0.600. The summed E-state index contributed by atoms with van der Waals surface area (Å²) in [5.41, 5.74) is 0.997. The van der Waals surface area contributed by atoms with E-state index in [1.54, 1.807) is 11.3 Å². The van der Waals surface area contributed by atoms with Crippen LogP contribution in [-0.2, 0) is 6.42 Å². The molecule has 0 spiro atoms. The van der Waals surface area contributed by atoms with Crippen LogP contribution in [0.2, 0.25) is 0 Å². The Hall–Kier alpha value is -0.900. The van der Waals surface area contributed by atoms with E-state index in [0.29, 0.717) is 6.04 Å². The fraction of sp³-hybridized carbons (Fsp3) is 0.733. The minimum absolute atomic E-state index is 0.600. The third-order valence-electron chi connectivity index (χ3n) is 3.90. The van der Waals surface area contributed by atoms with Crippen LogP contribution in [0, 0.1) is 0 Å². The predicted octanol–water partition coefficient (Wildman–Crippen LogP) is 4.07. The summed E-state index contributed by atoms with van der Waals surface area (Å²) in [4.78, 5) is 19.2. The molecular formula is C15H24N2OS. The summed E-state index contributed by atoms with van der Waals surface area (Å²) in [5, 5.41) is 1.07. The molecule has 0 bridgehead atoms. The maximum atomic E-state index is 11.2. The second-order valence-electron chi connectivity index (χ2n) is 5.28. The van der Waals surface area contributed by atoms with Gasteiger partial charge in [0, 0.05) is 12.6 Å². The third-order valence-corrected chi connectivity index (χ3v) is 4.96. The van der Waals surface area contributed by atoms with Crippen LogP contribution in [0.1, 0.15) is 67.7 Å². The number of carbonyl (C=O) groups excluding carboxylic acids is 1. The van der Waals surface area contributed by atoms with Crippen LogP contribution in [0.4, 0.5) is 5.13 Å². The topological polar surface area (TPSA) is 33.2 Å². The van der Waals surface area contributed by atoms with Gasteiger partial charge in [-0.2, -0.15) is 0 Å². The molecule has 1 aliphatic rings. The molecule has 1 aromatic heterocycles. The Morgan fingerprint density at radius 2 is 2.21 bits per heavy atom. The lowest BCUT2D eigenvalue weighted by atomic mass is 10.1. The van der Waals surface area contributed by atoms with Gasteiger partial charge in [0.1, 0.15) is 0 Å². The molecule has 2 heterocycles. The van der Waals surface area contributed by atoms with Crippen LogP contribution >= 0.6 is 11.3 Å². The molecule has 1 unspecified atom stereocenters. The fourth-order valence-corrected chi connectivity index (χ4v) is 3.86. The van der Waals surface area contributed by atoms with E-state index >= 15 is 0 Å². The van der Waals surface area contributed by atoms with Gasteiger partial charge in [-0.3, -0.25) is 4.79 Å². The van der Waals surface area contributed by atoms with Crippen molar-refractivity contribution in [2.24, 2.45) is 0 Å². The molecular weight excluding hydrogens is 256 g/mol. The Morgan fingerprint density at radius 3 is 2.89 bits per heavy atom. The van der Waals surface area contributed by atoms with E-state index in [4.69, 9.17) is 4.98 Å². The van der Waals surface area contributed by atoms with Crippen molar-refractivity contribution >= 4 is 22.8 Å². The summed E-state index contributed by atoms with van der Waals surface area (Å²) in [6.45, 7) is 5.48. The zero-order valence-electron chi connectivity index (χ0n) is 12.0. The van der Waals surface area contributed by atoms with Crippen LogP contribution in [-0.4, -0.2) is 23.9 Å². The lowest BCUT2D eigenvalue weighted by molar-refractivity contribution is 0.112. The highest BCUT2D eigenvalue weighted by atomic mass is 32.1. The van der Waals surface area contributed by atoms with E-state index in [-0.39, 0.29) is 0 Å². The van der Waals surface area contributed by atoms with Gasteiger partial charge in [-0.15, -0.1) is 0 Å². The van der Waals surface area contributed by atoms with Crippen molar-refractivity contribution in [2.75, 3.05) is 11.4 Å². The monoisotopic (exact) mass is 280 g/mol. The Morgan fingerprint density at radius 1 is 1.37 bits per heavy atom. The van der Waals surface area contributed by atoms with Gasteiger partial charge in [-0.25, -0.2) is 4.98 Å². The number of thiazole rings is 1. The quantitative estimate of drug-likeness (QED) is 0.762. The van der Waals surface area contributed by atoms with Crippen LogP contribution in [0.3, 0.4) is 0 Å². The van der Waals surface area contributed by atoms with E-state index in [1.807, 2.05) is 0 Å². The molecule has 1 atom stereocenters. The van der Waals surface area contributed by atoms with Crippen molar-refractivity contribution < 1.29 is 4.79 Å². The number of aromatic nitrogens is 1. The Kier molecular flexibility index (Phi) is 5.37. The highest BCUT2D eigenvalue weighted by Crippen LogP contribution is 2.31. The largest absolute Gasteiger partial charge is 0.345 e. The number of aryl methyl sites for hydroxylation is 1. The van der Waals surface area contributed by atoms with Crippen molar-refractivity contribution in [3.8, 4) is 0 Å². The van der Waals surface area contributed by atoms with Crippen LogP contribution in [0.25, 0.3) is 0 Å². The number of aldehydes is 1. The normalized spacial score (nSPS) is 20.3. The minimum Gasteiger partial charge on any atom is -0.345 e. The fourth-order valence-electron chi connectivity index (χ4n) is 2.84. The standard InChI is InChI=1S/C15H24N2OS/c1-3-8-13-14(11-18)19-15(16-13)17-10-7-5-6-9-12(17)4-2/h11-12H,3-10H2,1-2H3. The van der Waals surface area contributed by atoms with Crippen LogP contribution in [0.5, 0.6) is 0 Å². The Balaban J connectivity index is 2.25.